The number of rotatable bonds is 8. The maximum Gasteiger partial charge on any atom is 0.232 e. The molecule has 1 fully saturated rings. The van der Waals surface area contributed by atoms with Crippen molar-refractivity contribution < 1.29 is 14.0 Å². The Kier molecular flexibility index (Phi) is 6.20. The van der Waals surface area contributed by atoms with Gasteiger partial charge in [-0.3, -0.25) is 14.5 Å². The fourth-order valence-corrected chi connectivity index (χ4v) is 5.81. The highest BCUT2D eigenvalue weighted by Gasteiger charge is 2.37. The SMILES string of the molecule is CCN1C(=O)CC(CCC[Si](CC)(CC)OC)C1=O. The number of hydrogen-bond donors (Lipinski definition) is 0. The largest absolute Gasteiger partial charge is 0.420 e. The molecule has 0 aromatic rings. The Bertz CT molecular complexity index is 320. The third kappa shape index (κ3) is 3.66. The standard InChI is InChI=1S/C14H27NO3Si/c1-5-15-13(16)11-12(14(15)17)9-8-10-19(6-2,7-3)18-4/h12H,5-11H2,1-4H3. The van der Waals surface area contributed by atoms with Crippen LogP contribution in [0.3, 0.4) is 0 Å². The summed E-state index contributed by atoms with van der Waals surface area (Å²) >= 11 is 0. The lowest BCUT2D eigenvalue weighted by atomic mass is 10.0. The summed E-state index contributed by atoms with van der Waals surface area (Å²) in [5, 5.41) is 0. The first-order valence-corrected chi connectivity index (χ1v) is 9.95. The number of amides is 2. The van der Waals surface area contributed by atoms with Crippen molar-refractivity contribution in [2.75, 3.05) is 13.7 Å². The Morgan fingerprint density at radius 2 is 1.89 bits per heavy atom. The highest BCUT2D eigenvalue weighted by atomic mass is 28.4. The molecule has 0 radical (unpaired) electrons. The van der Waals surface area contributed by atoms with E-state index in [1.54, 1.807) is 0 Å². The Morgan fingerprint density at radius 1 is 1.26 bits per heavy atom. The first-order valence-electron chi connectivity index (χ1n) is 7.42. The minimum Gasteiger partial charge on any atom is -0.420 e. The fourth-order valence-electron chi connectivity index (χ4n) is 2.97. The summed E-state index contributed by atoms with van der Waals surface area (Å²) in [6.07, 6.45) is 2.24. The van der Waals surface area contributed by atoms with Crippen molar-refractivity contribution in [3.63, 3.8) is 0 Å². The number of hydrogen-bond acceptors (Lipinski definition) is 3. The zero-order valence-electron chi connectivity index (χ0n) is 12.7. The Hall–Kier alpha value is -0.683. The highest BCUT2D eigenvalue weighted by Crippen LogP contribution is 2.28. The molecular weight excluding hydrogens is 258 g/mol. The lowest BCUT2D eigenvalue weighted by Gasteiger charge is -2.27. The maximum atomic E-state index is 12.0. The van der Waals surface area contributed by atoms with E-state index in [1.165, 1.54) is 4.90 Å². The van der Waals surface area contributed by atoms with E-state index in [0.29, 0.717) is 13.0 Å². The van der Waals surface area contributed by atoms with Gasteiger partial charge in [-0.2, -0.15) is 0 Å². The van der Waals surface area contributed by atoms with Crippen LogP contribution < -0.4 is 0 Å². The fraction of sp³-hybridized carbons (Fsp3) is 0.857. The zero-order valence-corrected chi connectivity index (χ0v) is 13.7. The van der Waals surface area contributed by atoms with Crippen molar-refractivity contribution in [1.29, 1.82) is 0 Å². The second-order valence-electron chi connectivity index (χ2n) is 5.36. The predicted molar refractivity (Wildman–Crippen MR) is 78.3 cm³/mol. The van der Waals surface area contributed by atoms with E-state index < -0.39 is 8.32 Å². The Labute approximate surface area is 117 Å². The average Bonchev–Trinajstić information content (AvgIpc) is 2.70. The third-order valence-corrected chi connectivity index (χ3v) is 9.27. The molecule has 4 nitrogen and oxygen atoms in total. The molecule has 0 spiro atoms. The summed E-state index contributed by atoms with van der Waals surface area (Å²) in [7, 11) is 0.258. The molecule has 1 aliphatic heterocycles. The van der Waals surface area contributed by atoms with E-state index in [2.05, 4.69) is 13.8 Å². The van der Waals surface area contributed by atoms with E-state index in [1.807, 2.05) is 14.0 Å². The van der Waals surface area contributed by atoms with Gasteiger partial charge in [-0.25, -0.2) is 0 Å². The summed E-state index contributed by atoms with van der Waals surface area (Å²) in [6.45, 7) is 6.76. The third-order valence-electron chi connectivity index (χ3n) is 4.56. The molecule has 0 aromatic heterocycles. The Balaban J connectivity index is 2.46. The van der Waals surface area contributed by atoms with Crippen LogP contribution in [0, 0.1) is 5.92 Å². The van der Waals surface area contributed by atoms with Crippen LogP contribution in [0.1, 0.15) is 40.0 Å². The minimum absolute atomic E-state index is 0.00117. The molecule has 5 heteroatoms. The second-order valence-corrected chi connectivity index (χ2v) is 10.1. The predicted octanol–water partition coefficient (Wildman–Crippen LogP) is 2.79. The molecule has 0 aromatic carbocycles. The molecule has 1 atom stereocenters. The lowest BCUT2D eigenvalue weighted by Crippen LogP contribution is -2.35. The van der Waals surface area contributed by atoms with Gasteiger partial charge in [0.25, 0.3) is 0 Å². The molecule has 1 unspecified atom stereocenters. The molecule has 1 saturated heterocycles. The van der Waals surface area contributed by atoms with E-state index in [0.717, 1.165) is 31.0 Å². The molecule has 0 N–H and O–H groups in total. The summed E-state index contributed by atoms with van der Waals surface area (Å²) < 4.78 is 5.77. The first-order chi connectivity index (χ1) is 9.03. The van der Waals surface area contributed by atoms with Crippen molar-refractivity contribution in [3.05, 3.63) is 0 Å². The van der Waals surface area contributed by atoms with Crippen LogP contribution in [0.2, 0.25) is 18.1 Å². The molecule has 0 aliphatic carbocycles. The van der Waals surface area contributed by atoms with Crippen LogP contribution in [0.15, 0.2) is 0 Å². The van der Waals surface area contributed by atoms with Gasteiger partial charge in [0.1, 0.15) is 0 Å². The van der Waals surface area contributed by atoms with Crippen LogP contribution in [0.5, 0.6) is 0 Å². The number of imide groups is 1. The van der Waals surface area contributed by atoms with Gasteiger partial charge < -0.3 is 4.43 Å². The van der Waals surface area contributed by atoms with Gasteiger partial charge in [0.2, 0.25) is 11.8 Å². The number of carbonyl (C=O) groups excluding carboxylic acids is 2. The molecule has 110 valence electrons. The van der Waals surface area contributed by atoms with Crippen molar-refractivity contribution in [2.24, 2.45) is 5.92 Å². The van der Waals surface area contributed by atoms with Gasteiger partial charge in [-0.15, -0.1) is 0 Å². The molecule has 19 heavy (non-hydrogen) atoms. The van der Waals surface area contributed by atoms with Gasteiger partial charge >= 0.3 is 0 Å². The topological polar surface area (TPSA) is 46.6 Å². The van der Waals surface area contributed by atoms with Crippen LogP contribution in [-0.4, -0.2) is 38.7 Å². The van der Waals surface area contributed by atoms with Gasteiger partial charge in [-0.05, 0) is 31.5 Å². The number of nitrogens with zero attached hydrogens (tertiary/aromatic N) is 1. The normalized spacial score (nSPS) is 20.4. The Morgan fingerprint density at radius 3 is 2.32 bits per heavy atom. The molecule has 0 saturated carbocycles. The van der Waals surface area contributed by atoms with Crippen LogP contribution in [0.4, 0.5) is 0 Å². The van der Waals surface area contributed by atoms with Crippen LogP contribution in [-0.2, 0) is 14.0 Å². The molecule has 1 aliphatic rings. The zero-order chi connectivity index (χ0) is 14.5. The quantitative estimate of drug-likeness (QED) is 0.509. The van der Waals surface area contributed by atoms with Crippen LogP contribution >= 0.6 is 0 Å². The average molecular weight is 285 g/mol. The van der Waals surface area contributed by atoms with E-state index in [4.69, 9.17) is 4.43 Å². The summed E-state index contributed by atoms with van der Waals surface area (Å²) in [5.41, 5.74) is 0. The molecule has 0 bridgehead atoms. The smallest absolute Gasteiger partial charge is 0.232 e. The molecule has 1 rings (SSSR count). The first kappa shape index (κ1) is 16.4. The van der Waals surface area contributed by atoms with Crippen molar-refractivity contribution in [3.8, 4) is 0 Å². The van der Waals surface area contributed by atoms with E-state index >= 15 is 0 Å². The van der Waals surface area contributed by atoms with Crippen molar-refractivity contribution in [1.82, 2.24) is 4.90 Å². The van der Waals surface area contributed by atoms with Crippen molar-refractivity contribution in [2.45, 2.75) is 58.2 Å². The minimum atomic E-state index is -1.56. The molecule has 1 heterocycles. The van der Waals surface area contributed by atoms with Gasteiger partial charge in [0, 0.05) is 26.0 Å². The lowest BCUT2D eigenvalue weighted by molar-refractivity contribution is -0.139. The van der Waals surface area contributed by atoms with E-state index in [9.17, 15) is 9.59 Å². The van der Waals surface area contributed by atoms with Gasteiger partial charge in [-0.1, -0.05) is 20.3 Å². The highest BCUT2D eigenvalue weighted by molar-refractivity contribution is 6.73. The summed E-state index contributed by atoms with van der Waals surface area (Å²) in [6, 6.07) is 3.35. The van der Waals surface area contributed by atoms with Gasteiger partial charge in [0.05, 0.1) is 0 Å². The number of likely N-dealkylation sites (tertiary alicyclic amines) is 1. The summed E-state index contributed by atoms with van der Waals surface area (Å²) in [5.74, 6) is -0.0476. The maximum absolute atomic E-state index is 12.0. The molecule has 2 amide bonds. The van der Waals surface area contributed by atoms with Crippen LogP contribution in [0.25, 0.3) is 0 Å². The second kappa shape index (κ2) is 7.19. The van der Waals surface area contributed by atoms with Crippen molar-refractivity contribution >= 4 is 20.1 Å². The molecular formula is C14H27NO3Si. The monoisotopic (exact) mass is 285 g/mol. The summed E-state index contributed by atoms with van der Waals surface area (Å²) in [4.78, 5) is 25.0. The van der Waals surface area contributed by atoms with Gasteiger partial charge in [0.15, 0.2) is 8.32 Å². The number of carbonyl (C=O) groups is 2. The van der Waals surface area contributed by atoms with E-state index in [-0.39, 0.29) is 17.7 Å².